The average molecular weight is 472 g/mol. The maximum atomic E-state index is 13.2. The van der Waals surface area contributed by atoms with Crippen LogP contribution in [-0.4, -0.2) is 48.0 Å². The van der Waals surface area contributed by atoms with Gasteiger partial charge in [-0.1, -0.05) is 60.7 Å². The summed E-state index contributed by atoms with van der Waals surface area (Å²) in [6, 6.07) is 17.9. The lowest BCUT2D eigenvalue weighted by Crippen LogP contribution is -2.45. The number of nitrogens with one attached hydrogen (secondary N) is 1. The molecule has 3 aromatic rings. The van der Waals surface area contributed by atoms with E-state index < -0.39 is 33.7 Å². The van der Waals surface area contributed by atoms with E-state index in [1.54, 1.807) is 54.6 Å². The monoisotopic (exact) mass is 471 g/mol. The molecule has 0 fully saturated rings. The van der Waals surface area contributed by atoms with E-state index in [1.807, 2.05) is 6.07 Å². The summed E-state index contributed by atoms with van der Waals surface area (Å²) in [6.07, 6.45) is 0.975. The van der Waals surface area contributed by atoms with Crippen molar-refractivity contribution in [1.82, 2.24) is 13.9 Å². The maximum Gasteiger partial charge on any atom is 0.330 e. The fourth-order valence-electron chi connectivity index (χ4n) is 3.21. The van der Waals surface area contributed by atoms with Crippen LogP contribution < -0.4 is 21.9 Å². The van der Waals surface area contributed by atoms with Gasteiger partial charge in [0.25, 0.3) is 5.56 Å². The molecule has 0 aliphatic heterocycles. The molecule has 0 radical (unpaired) electrons. The summed E-state index contributed by atoms with van der Waals surface area (Å²) in [5.41, 5.74) is 5.93. The standard InChI is InChI=1S/C22H25N5O5S/c1-25(33(2,31)32)15-18(28)26(13-16-9-5-3-6-10-16)19-20(23)27(22(30)24-21(19)29)14-17-11-7-4-8-12-17/h3-12H,13-15,23H2,1-2H3,(H,24,29,30). The third kappa shape index (κ3) is 5.76. The minimum absolute atomic E-state index is 0.0475. The molecule has 2 aromatic carbocycles. The Kier molecular flexibility index (Phi) is 7.14. The second-order valence-electron chi connectivity index (χ2n) is 7.55. The van der Waals surface area contributed by atoms with Gasteiger partial charge in [-0.15, -0.1) is 0 Å². The van der Waals surface area contributed by atoms with Crippen molar-refractivity contribution < 1.29 is 13.2 Å². The van der Waals surface area contributed by atoms with Gasteiger partial charge >= 0.3 is 5.69 Å². The molecule has 174 valence electrons. The minimum Gasteiger partial charge on any atom is -0.383 e. The molecule has 0 atom stereocenters. The average Bonchev–Trinajstić information content (AvgIpc) is 2.76. The van der Waals surface area contributed by atoms with E-state index in [0.29, 0.717) is 5.56 Å². The lowest BCUT2D eigenvalue weighted by Gasteiger charge is -2.26. The van der Waals surface area contributed by atoms with E-state index in [0.717, 1.165) is 25.6 Å². The van der Waals surface area contributed by atoms with Crippen molar-refractivity contribution in [3.63, 3.8) is 0 Å². The molecule has 0 saturated heterocycles. The van der Waals surface area contributed by atoms with E-state index in [9.17, 15) is 22.8 Å². The number of nitrogen functional groups attached to an aromatic ring is 1. The third-order valence-corrected chi connectivity index (χ3v) is 6.34. The molecule has 0 saturated carbocycles. The highest BCUT2D eigenvalue weighted by Gasteiger charge is 2.27. The van der Waals surface area contributed by atoms with Gasteiger partial charge < -0.3 is 5.73 Å². The number of benzene rings is 2. The Morgan fingerprint density at radius 2 is 1.55 bits per heavy atom. The van der Waals surface area contributed by atoms with Crippen molar-refractivity contribution in [2.45, 2.75) is 13.1 Å². The number of nitrogens with zero attached hydrogens (tertiary/aromatic N) is 3. The summed E-state index contributed by atoms with van der Waals surface area (Å²) in [4.78, 5) is 41.8. The first-order chi connectivity index (χ1) is 15.6. The van der Waals surface area contributed by atoms with Crippen LogP contribution in [0, 0.1) is 0 Å². The van der Waals surface area contributed by atoms with Gasteiger partial charge in [0.05, 0.1) is 25.9 Å². The molecular formula is C22H25N5O5S. The van der Waals surface area contributed by atoms with Crippen LogP contribution in [0.15, 0.2) is 70.3 Å². The Bertz CT molecular complexity index is 1350. The van der Waals surface area contributed by atoms with Crippen molar-refractivity contribution in [3.8, 4) is 0 Å². The molecule has 3 rings (SSSR count). The topological polar surface area (TPSA) is 139 Å². The molecule has 0 spiro atoms. The Labute approximate surface area is 190 Å². The number of amides is 1. The lowest BCUT2D eigenvalue weighted by atomic mass is 10.2. The van der Waals surface area contributed by atoms with E-state index in [1.165, 1.54) is 7.05 Å². The molecule has 0 unspecified atom stereocenters. The van der Waals surface area contributed by atoms with Crippen LogP contribution in [0.25, 0.3) is 0 Å². The van der Waals surface area contributed by atoms with Crippen LogP contribution in [0.1, 0.15) is 11.1 Å². The molecule has 1 amide bonds. The molecule has 11 heteroatoms. The molecule has 1 heterocycles. The highest BCUT2D eigenvalue weighted by atomic mass is 32.2. The van der Waals surface area contributed by atoms with Gasteiger partial charge in [0.2, 0.25) is 15.9 Å². The number of rotatable bonds is 8. The number of hydrogen-bond donors (Lipinski definition) is 2. The quantitative estimate of drug-likeness (QED) is 0.493. The highest BCUT2D eigenvalue weighted by Crippen LogP contribution is 2.21. The second-order valence-corrected chi connectivity index (χ2v) is 9.64. The fraction of sp³-hybridized carbons (Fsp3) is 0.227. The van der Waals surface area contributed by atoms with Crippen molar-refractivity contribution in [2.75, 3.05) is 30.5 Å². The molecular weight excluding hydrogens is 446 g/mol. The van der Waals surface area contributed by atoms with E-state index in [4.69, 9.17) is 5.73 Å². The number of hydrogen-bond acceptors (Lipinski definition) is 6. The number of likely N-dealkylation sites (N-methyl/N-ethyl adjacent to an activating group) is 1. The number of anilines is 2. The fourth-order valence-corrected chi connectivity index (χ4v) is 3.56. The van der Waals surface area contributed by atoms with Gasteiger partial charge in [0.15, 0.2) is 5.69 Å². The van der Waals surface area contributed by atoms with Gasteiger partial charge in [-0.25, -0.2) is 13.2 Å². The maximum absolute atomic E-state index is 13.2. The SMILES string of the molecule is CN(CC(=O)N(Cc1ccccc1)c1c(N)n(Cc2ccccc2)c(=O)[nH]c1=O)S(C)(=O)=O. The Morgan fingerprint density at radius 3 is 2.09 bits per heavy atom. The summed E-state index contributed by atoms with van der Waals surface area (Å²) in [5.74, 6) is -0.868. The van der Waals surface area contributed by atoms with Crippen molar-refractivity contribution >= 4 is 27.4 Å². The first-order valence-corrected chi connectivity index (χ1v) is 11.8. The van der Waals surface area contributed by atoms with Gasteiger partial charge in [-0.2, -0.15) is 4.31 Å². The zero-order valence-corrected chi connectivity index (χ0v) is 19.1. The van der Waals surface area contributed by atoms with Gasteiger partial charge in [-0.05, 0) is 11.1 Å². The van der Waals surface area contributed by atoms with E-state index in [2.05, 4.69) is 4.98 Å². The predicted molar refractivity (Wildman–Crippen MR) is 126 cm³/mol. The Balaban J connectivity index is 2.10. The number of aromatic nitrogens is 2. The number of aromatic amines is 1. The largest absolute Gasteiger partial charge is 0.383 e. The molecule has 33 heavy (non-hydrogen) atoms. The smallest absolute Gasteiger partial charge is 0.330 e. The third-order valence-electron chi connectivity index (χ3n) is 5.08. The number of H-pyrrole nitrogens is 1. The summed E-state index contributed by atoms with van der Waals surface area (Å²) in [5, 5.41) is 0. The first kappa shape index (κ1) is 24.0. The van der Waals surface area contributed by atoms with Crippen LogP contribution in [0.3, 0.4) is 0 Å². The van der Waals surface area contributed by atoms with Gasteiger partial charge in [0, 0.05) is 7.05 Å². The van der Waals surface area contributed by atoms with Gasteiger partial charge in [-0.3, -0.25) is 24.0 Å². The van der Waals surface area contributed by atoms with Crippen LogP contribution in [0.2, 0.25) is 0 Å². The van der Waals surface area contributed by atoms with Crippen molar-refractivity contribution in [1.29, 1.82) is 0 Å². The Morgan fingerprint density at radius 1 is 1.00 bits per heavy atom. The normalized spacial score (nSPS) is 11.5. The lowest BCUT2D eigenvalue weighted by molar-refractivity contribution is -0.118. The molecule has 0 bridgehead atoms. The molecule has 0 aliphatic rings. The number of sulfonamides is 1. The van der Waals surface area contributed by atoms with E-state index >= 15 is 0 Å². The predicted octanol–water partition coefficient (Wildman–Crippen LogP) is 0.592. The summed E-state index contributed by atoms with van der Waals surface area (Å²) >= 11 is 0. The number of nitrogens with two attached hydrogens (primary N) is 1. The molecule has 0 aliphatic carbocycles. The molecule has 1 aromatic heterocycles. The van der Waals surface area contributed by atoms with Crippen molar-refractivity contribution in [2.24, 2.45) is 0 Å². The van der Waals surface area contributed by atoms with Crippen molar-refractivity contribution in [3.05, 3.63) is 92.6 Å². The van der Waals surface area contributed by atoms with Crippen LogP contribution in [-0.2, 0) is 27.9 Å². The van der Waals surface area contributed by atoms with Crippen LogP contribution >= 0.6 is 0 Å². The minimum atomic E-state index is -3.65. The molecule has 3 N–H and O–H groups in total. The van der Waals surface area contributed by atoms with Gasteiger partial charge in [0.1, 0.15) is 5.82 Å². The molecule has 10 nitrogen and oxygen atoms in total. The number of carbonyl (C=O) groups excluding carboxylic acids is 1. The second kappa shape index (κ2) is 9.84. The van der Waals surface area contributed by atoms with E-state index in [-0.39, 0.29) is 24.6 Å². The first-order valence-electron chi connectivity index (χ1n) is 10.00. The Hall–Kier alpha value is -3.70. The highest BCUT2D eigenvalue weighted by molar-refractivity contribution is 7.88. The summed E-state index contributed by atoms with van der Waals surface area (Å²) < 4.78 is 25.7. The zero-order chi connectivity index (χ0) is 24.2. The number of carbonyl (C=O) groups is 1. The zero-order valence-electron chi connectivity index (χ0n) is 18.3. The summed E-state index contributed by atoms with van der Waals surface area (Å²) in [7, 11) is -2.39. The van der Waals surface area contributed by atoms with Crippen LogP contribution in [0.5, 0.6) is 0 Å². The van der Waals surface area contributed by atoms with Crippen LogP contribution in [0.4, 0.5) is 11.5 Å². The summed E-state index contributed by atoms with van der Waals surface area (Å²) in [6.45, 7) is -0.484.